The van der Waals surface area contributed by atoms with E-state index in [1.807, 2.05) is 42.7 Å². The van der Waals surface area contributed by atoms with E-state index >= 15 is 0 Å². The highest BCUT2D eigenvalue weighted by Crippen LogP contribution is 2.28. The summed E-state index contributed by atoms with van der Waals surface area (Å²) in [6.07, 6.45) is 3.79. The van der Waals surface area contributed by atoms with Crippen LogP contribution in [0.1, 0.15) is 11.6 Å². The molecule has 1 unspecified atom stereocenters. The van der Waals surface area contributed by atoms with E-state index in [-0.39, 0.29) is 6.04 Å². The zero-order valence-corrected chi connectivity index (χ0v) is 12.4. The summed E-state index contributed by atoms with van der Waals surface area (Å²) in [4.78, 5) is 5.57. The van der Waals surface area contributed by atoms with Crippen LogP contribution in [0.3, 0.4) is 0 Å². The second-order valence-corrected chi connectivity index (χ2v) is 5.89. The molecule has 21 heavy (non-hydrogen) atoms. The van der Waals surface area contributed by atoms with Crippen molar-refractivity contribution in [2.24, 2.45) is 5.84 Å². The van der Waals surface area contributed by atoms with Crippen molar-refractivity contribution >= 4 is 22.5 Å². The molecular formula is C17H17N3S. The number of nitrogens with two attached hydrogens (primary N) is 1. The highest BCUT2D eigenvalue weighted by Gasteiger charge is 2.13. The van der Waals surface area contributed by atoms with Crippen molar-refractivity contribution in [1.29, 1.82) is 0 Å². The molecular weight excluding hydrogens is 278 g/mol. The lowest BCUT2D eigenvalue weighted by atomic mass is 10.0. The highest BCUT2D eigenvalue weighted by molar-refractivity contribution is 7.99. The predicted octanol–water partition coefficient (Wildman–Crippen LogP) is 3.53. The van der Waals surface area contributed by atoms with Crippen LogP contribution in [0.2, 0.25) is 0 Å². The number of hydrogen-bond donors (Lipinski definition) is 2. The van der Waals surface area contributed by atoms with Gasteiger partial charge >= 0.3 is 0 Å². The third-order valence-electron chi connectivity index (χ3n) is 3.44. The summed E-state index contributed by atoms with van der Waals surface area (Å²) in [5.41, 5.74) is 4.06. The van der Waals surface area contributed by atoms with E-state index in [1.165, 1.54) is 10.3 Å². The second-order valence-electron chi connectivity index (χ2n) is 4.79. The summed E-state index contributed by atoms with van der Waals surface area (Å²) in [5, 5.41) is 2.34. The third kappa shape index (κ3) is 3.24. The molecule has 0 fully saturated rings. The van der Waals surface area contributed by atoms with Gasteiger partial charge in [-0.05, 0) is 23.1 Å². The smallest absolute Gasteiger partial charge is 0.0575 e. The van der Waals surface area contributed by atoms with Gasteiger partial charge in [0.2, 0.25) is 0 Å². The van der Waals surface area contributed by atoms with E-state index in [0.29, 0.717) is 0 Å². The van der Waals surface area contributed by atoms with E-state index in [4.69, 9.17) is 5.84 Å². The number of nitrogens with zero attached hydrogens (tertiary/aromatic N) is 1. The lowest BCUT2D eigenvalue weighted by molar-refractivity contribution is 0.613. The lowest BCUT2D eigenvalue weighted by Gasteiger charge is -2.17. The molecule has 0 saturated heterocycles. The average molecular weight is 295 g/mol. The normalized spacial score (nSPS) is 12.4. The number of hydrazine groups is 1. The van der Waals surface area contributed by atoms with Gasteiger partial charge in [-0.2, -0.15) is 0 Å². The van der Waals surface area contributed by atoms with Gasteiger partial charge in [0.1, 0.15) is 0 Å². The van der Waals surface area contributed by atoms with Crippen LogP contribution < -0.4 is 11.3 Å². The molecule has 3 aromatic rings. The highest BCUT2D eigenvalue weighted by atomic mass is 32.2. The van der Waals surface area contributed by atoms with E-state index in [2.05, 4.69) is 34.7 Å². The predicted molar refractivity (Wildman–Crippen MR) is 89.0 cm³/mol. The first-order valence-electron chi connectivity index (χ1n) is 6.85. The largest absolute Gasteiger partial charge is 0.271 e. The first-order valence-corrected chi connectivity index (χ1v) is 7.83. The molecule has 0 radical (unpaired) electrons. The van der Waals surface area contributed by atoms with Crippen molar-refractivity contribution in [3.63, 3.8) is 0 Å². The average Bonchev–Trinajstić information content (AvgIpc) is 2.56. The first kappa shape index (κ1) is 14.1. The fourth-order valence-corrected chi connectivity index (χ4v) is 3.33. The van der Waals surface area contributed by atoms with Crippen LogP contribution in [-0.2, 0) is 0 Å². The van der Waals surface area contributed by atoms with Crippen molar-refractivity contribution in [3.8, 4) is 0 Å². The first-order chi connectivity index (χ1) is 10.4. The summed E-state index contributed by atoms with van der Waals surface area (Å²) < 4.78 is 0. The van der Waals surface area contributed by atoms with Gasteiger partial charge in [-0.15, -0.1) is 11.8 Å². The number of pyridine rings is 1. The number of benzene rings is 2. The molecule has 0 aliphatic rings. The standard InChI is InChI=1S/C17H17N3S/c18-20-17(12-21-14-7-2-1-3-8-14)16-11-19-10-13-6-4-5-9-15(13)16/h1-11,17,20H,12,18H2. The Morgan fingerprint density at radius 2 is 1.76 bits per heavy atom. The van der Waals surface area contributed by atoms with Crippen molar-refractivity contribution in [1.82, 2.24) is 10.4 Å². The van der Waals surface area contributed by atoms with Gasteiger partial charge < -0.3 is 0 Å². The van der Waals surface area contributed by atoms with Crippen molar-refractivity contribution in [3.05, 3.63) is 72.6 Å². The molecule has 1 aromatic heterocycles. The monoisotopic (exact) mass is 295 g/mol. The summed E-state index contributed by atoms with van der Waals surface area (Å²) >= 11 is 1.79. The minimum atomic E-state index is 0.0637. The van der Waals surface area contributed by atoms with Crippen LogP contribution in [-0.4, -0.2) is 10.7 Å². The van der Waals surface area contributed by atoms with Crippen LogP contribution >= 0.6 is 11.8 Å². The van der Waals surface area contributed by atoms with Gasteiger partial charge in [-0.25, -0.2) is 0 Å². The van der Waals surface area contributed by atoms with Crippen LogP contribution in [0, 0.1) is 0 Å². The van der Waals surface area contributed by atoms with Gasteiger partial charge in [-0.1, -0.05) is 42.5 Å². The molecule has 0 aliphatic carbocycles. The molecule has 0 bridgehead atoms. The van der Waals surface area contributed by atoms with Crippen LogP contribution in [0.25, 0.3) is 10.8 Å². The summed E-state index contributed by atoms with van der Waals surface area (Å²) in [5.74, 6) is 6.63. The van der Waals surface area contributed by atoms with Gasteiger partial charge in [0, 0.05) is 28.4 Å². The summed E-state index contributed by atoms with van der Waals surface area (Å²) in [6.45, 7) is 0. The Bertz CT molecular complexity index is 710. The molecule has 3 N–H and O–H groups in total. The van der Waals surface area contributed by atoms with E-state index < -0.39 is 0 Å². The topological polar surface area (TPSA) is 50.9 Å². The Hall–Kier alpha value is -1.88. The number of thioether (sulfide) groups is 1. The van der Waals surface area contributed by atoms with Gasteiger partial charge in [0.05, 0.1) is 6.04 Å². The maximum atomic E-state index is 5.77. The van der Waals surface area contributed by atoms with Crippen LogP contribution in [0.5, 0.6) is 0 Å². The molecule has 106 valence electrons. The fourth-order valence-electron chi connectivity index (χ4n) is 2.34. The van der Waals surface area contributed by atoms with Crippen molar-refractivity contribution in [2.75, 3.05) is 5.75 Å². The SMILES string of the molecule is NNC(CSc1ccccc1)c1cncc2ccccc12. The van der Waals surface area contributed by atoms with E-state index in [1.54, 1.807) is 11.8 Å². The Morgan fingerprint density at radius 3 is 2.57 bits per heavy atom. The van der Waals surface area contributed by atoms with E-state index in [0.717, 1.165) is 16.7 Å². The Balaban J connectivity index is 1.85. The number of rotatable bonds is 5. The van der Waals surface area contributed by atoms with Crippen LogP contribution in [0.15, 0.2) is 71.9 Å². The molecule has 0 spiro atoms. The minimum absolute atomic E-state index is 0.0637. The van der Waals surface area contributed by atoms with Gasteiger partial charge in [-0.3, -0.25) is 16.3 Å². The number of aromatic nitrogens is 1. The minimum Gasteiger partial charge on any atom is -0.271 e. The molecule has 2 aromatic carbocycles. The Kier molecular flexibility index (Phi) is 4.50. The molecule has 0 amide bonds. The summed E-state index contributed by atoms with van der Waals surface area (Å²) in [7, 11) is 0. The van der Waals surface area contributed by atoms with Crippen molar-refractivity contribution in [2.45, 2.75) is 10.9 Å². The fraction of sp³-hybridized carbons (Fsp3) is 0.118. The Labute approximate surface area is 128 Å². The van der Waals surface area contributed by atoms with Gasteiger partial charge in [0.15, 0.2) is 0 Å². The molecule has 4 heteroatoms. The molecule has 3 nitrogen and oxygen atoms in total. The van der Waals surface area contributed by atoms with Crippen LogP contribution in [0.4, 0.5) is 0 Å². The number of nitrogens with one attached hydrogen (secondary N) is 1. The number of fused-ring (bicyclic) bond motifs is 1. The molecule has 3 rings (SSSR count). The number of hydrogen-bond acceptors (Lipinski definition) is 4. The molecule has 1 heterocycles. The second kappa shape index (κ2) is 6.72. The van der Waals surface area contributed by atoms with Gasteiger partial charge in [0.25, 0.3) is 0 Å². The lowest BCUT2D eigenvalue weighted by Crippen LogP contribution is -2.30. The summed E-state index contributed by atoms with van der Waals surface area (Å²) in [6, 6.07) is 18.7. The third-order valence-corrected chi connectivity index (χ3v) is 4.54. The van der Waals surface area contributed by atoms with E-state index in [9.17, 15) is 0 Å². The maximum absolute atomic E-state index is 5.77. The molecule has 1 atom stereocenters. The maximum Gasteiger partial charge on any atom is 0.0575 e. The molecule has 0 aliphatic heterocycles. The quantitative estimate of drug-likeness (QED) is 0.429. The molecule has 0 saturated carbocycles. The van der Waals surface area contributed by atoms with Crippen molar-refractivity contribution < 1.29 is 0 Å². The zero-order chi connectivity index (χ0) is 14.5. The zero-order valence-electron chi connectivity index (χ0n) is 11.6. The Morgan fingerprint density at radius 1 is 1.00 bits per heavy atom.